The molecule has 0 spiro atoms. The van der Waals surface area contributed by atoms with Gasteiger partial charge >= 0.3 is 0 Å². The Labute approximate surface area is 207 Å². The van der Waals surface area contributed by atoms with Gasteiger partial charge in [-0.05, 0) is 75.2 Å². The van der Waals surface area contributed by atoms with Crippen LogP contribution in [-0.4, -0.2) is 29.8 Å². The predicted molar refractivity (Wildman–Crippen MR) is 133 cm³/mol. The molecule has 0 N–H and O–H groups in total. The van der Waals surface area contributed by atoms with Crippen LogP contribution in [0.5, 0.6) is 5.75 Å². The molecule has 3 aromatic rings. The van der Waals surface area contributed by atoms with Crippen LogP contribution in [0.3, 0.4) is 0 Å². The third-order valence-corrected chi connectivity index (χ3v) is 6.89. The molecule has 0 fully saturated rings. The van der Waals surface area contributed by atoms with E-state index in [9.17, 15) is 4.79 Å². The summed E-state index contributed by atoms with van der Waals surface area (Å²) in [6.07, 6.45) is 0. The summed E-state index contributed by atoms with van der Waals surface area (Å²) in [5.74, 6) is 0.479. The minimum atomic E-state index is -0.796. The van der Waals surface area contributed by atoms with Crippen molar-refractivity contribution in [1.82, 2.24) is 4.98 Å². The van der Waals surface area contributed by atoms with Crippen molar-refractivity contribution in [2.24, 2.45) is 15.3 Å². The number of halogens is 3. The van der Waals surface area contributed by atoms with Gasteiger partial charge in [0.15, 0.2) is 6.04 Å². The predicted octanol–water partition coefficient (Wildman–Crippen LogP) is 6.98. The van der Waals surface area contributed by atoms with Crippen LogP contribution in [-0.2, 0) is 4.79 Å². The summed E-state index contributed by atoms with van der Waals surface area (Å²) in [5, 5.41) is 16.6. The van der Waals surface area contributed by atoms with E-state index in [1.165, 1.54) is 16.3 Å². The summed E-state index contributed by atoms with van der Waals surface area (Å²) >= 11 is 11.7. The molecule has 1 amide bonds. The Morgan fingerprint density at radius 1 is 1.13 bits per heavy atom. The average Bonchev–Trinajstić information content (AvgIpc) is 3.33. The quantitative estimate of drug-likeness (QED) is 0.286. The van der Waals surface area contributed by atoms with E-state index >= 15 is 0 Å². The summed E-state index contributed by atoms with van der Waals surface area (Å²) in [7, 11) is 1.62. The van der Waals surface area contributed by atoms with E-state index in [1.54, 1.807) is 14.0 Å². The minimum absolute atomic E-state index is 0.291. The fourth-order valence-corrected chi connectivity index (χ4v) is 6.03. The van der Waals surface area contributed by atoms with Gasteiger partial charge in [-0.3, -0.25) is 4.79 Å². The molecule has 7 nitrogen and oxygen atoms in total. The highest BCUT2D eigenvalue weighted by Gasteiger charge is 2.36. The Bertz CT molecular complexity index is 1190. The number of amides is 1. The third-order valence-electron chi connectivity index (χ3n) is 4.41. The van der Waals surface area contributed by atoms with Crippen molar-refractivity contribution in [2.75, 3.05) is 12.1 Å². The van der Waals surface area contributed by atoms with E-state index in [1.807, 2.05) is 41.8 Å². The molecule has 1 aliphatic rings. The number of hydrogen-bond acceptors (Lipinski definition) is 7. The van der Waals surface area contributed by atoms with E-state index in [4.69, 9.17) is 4.74 Å². The first-order valence-electron chi connectivity index (χ1n) is 8.92. The molecule has 158 valence electrons. The molecule has 1 aromatic heterocycles. The summed E-state index contributed by atoms with van der Waals surface area (Å²) in [5.41, 5.74) is 2.84. The number of carbonyl (C=O) groups excluding carboxylic acids is 1. The van der Waals surface area contributed by atoms with E-state index in [0.717, 1.165) is 30.4 Å². The third kappa shape index (κ3) is 4.64. The number of nitrogens with zero attached hydrogens (tertiary/aromatic N) is 5. The van der Waals surface area contributed by atoms with Crippen LogP contribution in [0, 0.1) is 0 Å². The highest BCUT2D eigenvalue weighted by atomic mass is 79.9. The molecule has 11 heteroatoms. The number of hydrazone groups is 1. The van der Waals surface area contributed by atoms with Crippen LogP contribution in [0.25, 0.3) is 11.3 Å². The van der Waals surface area contributed by atoms with Crippen molar-refractivity contribution < 1.29 is 9.53 Å². The molecule has 0 radical (unpaired) electrons. The molecule has 1 aliphatic heterocycles. The summed E-state index contributed by atoms with van der Waals surface area (Å²) in [6.45, 7) is 1.76. The first-order valence-corrected chi connectivity index (χ1v) is 12.2. The van der Waals surface area contributed by atoms with Crippen molar-refractivity contribution in [3.63, 3.8) is 0 Å². The van der Waals surface area contributed by atoms with E-state index < -0.39 is 6.04 Å². The van der Waals surface area contributed by atoms with E-state index in [2.05, 4.69) is 68.1 Å². The van der Waals surface area contributed by atoms with Gasteiger partial charge in [0.1, 0.15) is 11.4 Å². The van der Waals surface area contributed by atoms with E-state index in [0.29, 0.717) is 16.5 Å². The highest BCUT2D eigenvalue weighted by molar-refractivity contribution is 9.11. The average molecular weight is 628 g/mol. The zero-order valence-electron chi connectivity index (χ0n) is 16.2. The van der Waals surface area contributed by atoms with Gasteiger partial charge in [0, 0.05) is 24.4 Å². The molecule has 31 heavy (non-hydrogen) atoms. The normalized spacial score (nSPS) is 16.3. The van der Waals surface area contributed by atoms with Gasteiger partial charge in [0.05, 0.1) is 18.5 Å². The van der Waals surface area contributed by atoms with Crippen molar-refractivity contribution in [1.29, 1.82) is 0 Å². The fraction of sp³-hybridized carbons (Fsp3) is 0.150. The van der Waals surface area contributed by atoms with Gasteiger partial charge in [-0.15, -0.1) is 11.3 Å². The smallest absolute Gasteiger partial charge is 0.282 e. The molecule has 0 saturated heterocycles. The fourth-order valence-electron chi connectivity index (χ4n) is 2.83. The van der Waals surface area contributed by atoms with Crippen LogP contribution >= 0.6 is 59.1 Å². The maximum absolute atomic E-state index is 13.0. The monoisotopic (exact) mass is 625 g/mol. The Balaban J connectivity index is 1.55. The molecule has 0 bridgehead atoms. The number of azo groups is 1. The van der Waals surface area contributed by atoms with Gasteiger partial charge in [0.25, 0.3) is 5.91 Å². The zero-order chi connectivity index (χ0) is 22.1. The first kappa shape index (κ1) is 22.3. The molecule has 0 saturated carbocycles. The number of aromatic nitrogens is 1. The lowest BCUT2D eigenvalue weighted by atomic mass is 10.2. The zero-order valence-corrected chi connectivity index (χ0v) is 21.8. The van der Waals surface area contributed by atoms with Crippen molar-refractivity contribution in [3.8, 4) is 17.0 Å². The largest absolute Gasteiger partial charge is 0.497 e. The molecule has 4 rings (SSSR count). The Hall–Kier alpha value is -1.95. The van der Waals surface area contributed by atoms with Crippen LogP contribution in [0.1, 0.15) is 6.92 Å². The summed E-state index contributed by atoms with van der Waals surface area (Å²) in [4.78, 5) is 17.5. The van der Waals surface area contributed by atoms with Gasteiger partial charge in [0.2, 0.25) is 5.13 Å². The second-order valence-electron chi connectivity index (χ2n) is 6.47. The molecule has 0 aliphatic carbocycles. The van der Waals surface area contributed by atoms with Crippen LogP contribution in [0.4, 0.5) is 10.8 Å². The summed E-state index contributed by atoms with van der Waals surface area (Å²) < 4.78 is 7.58. The van der Waals surface area contributed by atoms with Crippen molar-refractivity contribution in [2.45, 2.75) is 13.0 Å². The lowest BCUT2D eigenvalue weighted by molar-refractivity contribution is -0.117. The number of methoxy groups -OCH3 is 1. The lowest BCUT2D eigenvalue weighted by Crippen LogP contribution is -2.29. The standard InChI is InChI=1S/C20H14Br3N5O2S/c1-10-17(25-26-18-14(22)7-12(21)8-15(18)23)19(29)28(27-10)20-24-16(9-31-20)11-3-5-13(30-2)6-4-11/h3-9,17H,1-2H3. The molecule has 1 atom stereocenters. The second kappa shape index (κ2) is 9.27. The Morgan fingerprint density at radius 2 is 1.81 bits per heavy atom. The first-order chi connectivity index (χ1) is 14.9. The minimum Gasteiger partial charge on any atom is -0.497 e. The second-order valence-corrected chi connectivity index (χ2v) is 9.93. The maximum atomic E-state index is 13.0. The van der Waals surface area contributed by atoms with Crippen LogP contribution in [0.15, 0.2) is 70.5 Å². The van der Waals surface area contributed by atoms with Crippen LogP contribution < -0.4 is 9.75 Å². The van der Waals surface area contributed by atoms with Gasteiger partial charge in [-0.25, -0.2) is 4.98 Å². The number of thiazole rings is 1. The number of anilines is 1. The maximum Gasteiger partial charge on any atom is 0.282 e. The molecular weight excluding hydrogens is 614 g/mol. The Morgan fingerprint density at radius 3 is 2.45 bits per heavy atom. The molecule has 2 heterocycles. The van der Waals surface area contributed by atoms with Gasteiger partial charge < -0.3 is 4.74 Å². The summed E-state index contributed by atoms with van der Waals surface area (Å²) in [6, 6.07) is 10.5. The van der Waals surface area contributed by atoms with Crippen molar-refractivity contribution >= 4 is 81.6 Å². The number of benzene rings is 2. The number of hydrogen-bond donors (Lipinski definition) is 0. The number of carbonyl (C=O) groups is 1. The molecule has 2 aromatic carbocycles. The highest BCUT2D eigenvalue weighted by Crippen LogP contribution is 2.37. The SMILES string of the molecule is COc1ccc(-c2csc(N3N=C(C)C(N=Nc4c(Br)cc(Br)cc4Br)C3=O)n2)cc1. The van der Waals surface area contributed by atoms with Gasteiger partial charge in [-0.1, -0.05) is 15.9 Å². The molecular formula is C20H14Br3N5O2S. The lowest BCUT2D eigenvalue weighted by Gasteiger charge is -2.08. The Kier molecular flexibility index (Phi) is 6.65. The van der Waals surface area contributed by atoms with Crippen LogP contribution in [0.2, 0.25) is 0 Å². The number of ether oxygens (including phenoxy) is 1. The molecule has 1 unspecified atom stereocenters. The van der Waals surface area contributed by atoms with Gasteiger partial charge in [-0.2, -0.15) is 20.3 Å². The number of rotatable bonds is 5. The topological polar surface area (TPSA) is 79.5 Å². The van der Waals surface area contributed by atoms with Crippen molar-refractivity contribution in [3.05, 3.63) is 55.2 Å². The van der Waals surface area contributed by atoms with E-state index in [-0.39, 0.29) is 5.91 Å².